The number of rotatable bonds is 32. The molecule has 43 heavy (non-hydrogen) atoms. The molecular weight excluding hydrogens is 548 g/mol. The molecule has 0 radical (unpaired) electrons. The normalized spacial score (nSPS) is 12.0. The fourth-order valence-electron chi connectivity index (χ4n) is 4.50. The van der Waals surface area contributed by atoms with E-state index in [-0.39, 0.29) is 18.5 Å². The lowest BCUT2D eigenvalue weighted by Gasteiger charge is -2.13. The molecule has 0 N–H and O–H groups in total. The molecule has 0 aliphatic carbocycles. The summed E-state index contributed by atoms with van der Waals surface area (Å²) in [5.41, 5.74) is 1.38. The quantitative estimate of drug-likeness (QED) is 0.0626. The molecule has 0 amide bonds. The molecule has 0 bridgehead atoms. The number of unbranched alkanes of at least 4 members (excludes halogenated alkanes) is 7. The summed E-state index contributed by atoms with van der Waals surface area (Å²) < 4.78 is 38.6. The zero-order valence-electron chi connectivity index (χ0n) is 27.6. The Morgan fingerprint density at radius 1 is 0.558 bits per heavy atom. The van der Waals surface area contributed by atoms with E-state index in [4.69, 9.17) is 33.2 Å². The molecule has 1 unspecified atom stereocenters. The first kappa shape index (κ1) is 39.3. The molecule has 8 heteroatoms. The van der Waals surface area contributed by atoms with E-state index in [0.717, 1.165) is 37.9 Å². The van der Waals surface area contributed by atoms with Crippen molar-refractivity contribution in [1.29, 1.82) is 0 Å². The second-order valence-corrected chi connectivity index (χ2v) is 10.8. The van der Waals surface area contributed by atoms with Crippen molar-refractivity contribution >= 4 is 5.97 Å². The van der Waals surface area contributed by atoms with E-state index in [2.05, 4.69) is 38.1 Å². The van der Waals surface area contributed by atoms with Gasteiger partial charge in [0.15, 0.2) is 0 Å². The highest BCUT2D eigenvalue weighted by molar-refractivity contribution is 5.72. The SMILES string of the molecule is CCCCCCCCCc1ccc(OCCOCCOCCOCCOCCOCCOC(=O)C(CC)CCCC)cc1. The van der Waals surface area contributed by atoms with Gasteiger partial charge in [-0.15, -0.1) is 0 Å². The maximum Gasteiger partial charge on any atom is 0.308 e. The van der Waals surface area contributed by atoms with E-state index in [9.17, 15) is 4.79 Å². The minimum atomic E-state index is -0.111. The lowest BCUT2D eigenvalue weighted by Crippen LogP contribution is -2.20. The van der Waals surface area contributed by atoms with Gasteiger partial charge in [-0.2, -0.15) is 0 Å². The molecule has 1 aromatic carbocycles. The number of ether oxygens (including phenoxy) is 7. The van der Waals surface area contributed by atoms with Crippen molar-refractivity contribution in [3.05, 3.63) is 29.8 Å². The van der Waals surface area contributed by atoms with Gasteiger partial charge in [-0.3, -0.25) is 4.79 Å². The number of carbonyl (C=O) groups is 1. The van der Waals surface area contributed by atoms with Crippen molar-refractivity contribution in [2.75, 3.05) is 79.3 Å². The highest BCUT2D eigenvalue weighted by atomic mass is 16.6. The van der Waals surface area contributed by atoms with Crippen LogP contribution < -0.4 is 4.74 Å². The van der Waals surface area contributed by atoms with E-state index in [0.29, 0.717) is 72.7 Å². The molecule has 250 valence electrons. The standard InChI is InChI=1S/C35H62O8/c1-4-7-9-10-11-12-13-14-32-16-18-34(19-17-32)42-30-28-40-26-24-38-22-20-37-21-23-39-25-27-41-29-31-43-35(36)33(6-3)15-8-5-2/h16-19,33H,4-15,20-31H2,1-3H3. The van der Waals surface area contributed by atoms with Crippen molar-refractivity contribution in [3.63, 3.8) is 0 Å². The average Bonchev–Trinajstić information content (AvgIpc) is 3.02. The monoisotopic (exact) mass is 610 g/mol. The summed E-state index contributed by atoms with van der Waals surface area (Å²) >= 11 is 0. The Hall–Kier alpha value is -1.71. The predicted molar refractivity (Wildman–Crippen MR) is 172 cm³/mol. The summed E-state index contributed by atoms with van der Waals surface area (Å²) in [6.45, 7) is 12.2. The third-order valence-corrected chi connectivity index (χ3v) is 7.18. The van der Waals surface area contributed by atoms with Gasteiger partial charge in [-0.1, -0.05) is 84.3 Å². The average molecular weight is 611 g/mol. The molecule has 1 atom stereocenters. The second kappa shape index (κ2) is 30.3. The number of esters is 1. The molecular formula is C35H62O8. The third-order valence-electron chi connectivity index (χ3n) is 7.18. The van der Waals surface area contributed by atoms with Gasteiger partial charge in [-0.25, -0.2) is 0 Å². The first-order valence-electron chi connectivity index (χ1n) is 17.0. The lowest BCUT2D eigenvalue weighted by molar-refractivity contribution is -0.150. The third kappa shape index (κ3) is 24.3. The van der Waals surface area contributed by atoms with E-state index >= 15 is 0 Å². The van der Waals surface area contributed by atoms with Crippen LogP contribution in [0.3, 0.4) is 0 Å². The lowest BCUT2D eigenvalue weighted by atomic mass is 10.00. The van der Waals surface area contributed by atoms with Gasteiger partial charge < -0.3 is 33.2 Å². The summed E-state index contributed by atoms with van der Waals surface area (Å²) in [6.07, 6.45) is 14.4. The first-order valence-corrected chi connectivity index (χ1v) is 17.0. The van der Waals surface area contributed by atoms with Gasteiger partial charge in [0.1, 0.15) is 19.0 Å². The Kier molecular flexibility index (Phi) is 27.7. The molecule has 0 fully saturated rings. The van der Waals surface area contributed by atoms with E-state index in [1.807, 2.05) is 6.92 Å². The van der Waals surface area contributed by atoms with Gasteiger partial charge in [0.05, 0.1) is 72.0 Å². The van der Waals surface area contributed by atoms with Crippen LogP contribution in [0, 0.1) is 5.92 Å². The van der Waals surface area contributed by atoms with Crippen LogP contribution in [0.5, 0.6) is 5.75 Å². The van der Waals surface area contributed by atoms with Crippen LogP contribution in [-0.4, -0.2) is 85.3 Å². The Balaban J connectivity index is 1.81. The second-order valence-electron chi connectivity index (χ2n) is 10.8. The van der Waals surface area contributed by atoms with E-state index in [1.165, 1.54) is 50.5 Å². The number of aryl methyl sites for hydroxylation is 1. The molecule has 0 spiro atoms. The Bertz CT molecular complexity index is 727. The Morgan fingerprint density at radius 3 is 1.53 bits per heavy atom. The molecule has 1 aromatic rings. The van der Waals surface area contributed by atoms with Crippen molar-refractivity contribution in [2.45, 2.75) is 97.8 Å². The molecule has 0 saturated carbocycles. The molecule has 0 heterocycles. The predicted octanol–water partition coefficient (Wildman–Crippen LogP) is 7.20. The number of carbonyl (C=O) groups excluding carboxylic acids is 1. The van der Waals surface area contributed by atoms with Gasteiger partial charge in [-0.05, 0) is 43.4 Å². The topological polar surface area (TPSA) is 81.7 Å². The van der Waals surface area contributed by atoms with E-state index in [1.54, 1.807) is 0 Å². The van der Waals surface area contributed by atoms with Crippen LogP contribution in [-0.2, 0) is 39.6 Å². The largest absolute Gasteiger partial charge is 0.491 e. The molecule has 0 aliphatic rings. The maximum absolute atomic E-state index is 12.0. The smallest absolute Gasteiger partial charge is 0.308 e. The summed E-state index contributed by atoms with van der Waals surface area (Å²) in [5.74, 6) is 0.781. The van der Waals surface area contributed by atoms with Crippen LogP contribution in [0.25, 0.3) is 0 Å². The fourth-order valence-corrected chi connectivity index (χ4v) is 4.50. The molecule has 0 saturated heterocycles. The van der Waals surface area contributed by atoms with Gasteiger partial charge in [0.25, 0.3) is 0 Å². The summed E-state index contributed by atoms with van der Waals surface area (Å²) in [5, 5.41) is 0. The van der Waals surface area contributed by atoms with Crippen molar-refractivity contribution < 1.29 is 38.0 Å². The summed E-state index contributed by atoms with van der Waals surface area (Å²) in [4.78, 5) is 12.0. The Morgan fingerprint density at radius 2 is 1.02 bits per heavy atom. The van der Waals surface area contributed by atoms with E-state index < -0.39 is 0 Å². The van der Waals surface area contributed by atoms with Crippen molar-refractivity contribution in [2.24, 2.45) is 5.92 Å². The van der Waals surface area contributed by atoms with Gasteiger partial charge >= 0.3 is 5.97 Å². The summed E-state index contributed by atoms with van der Waals surface area (Å²) in [7, 11) is 0. The fraction of sp³-hybridized carbons (Fsp3) is 0.800. The minimum Gasteiger partial charge on any atom is -0.491 e. The van der Waals surface area contributed by atoms with Crippen molar-refractivity contribution in [1.82, 2.24) is 0 Å². The zero-order valence-corrected chi connectivity index (χ0v) is 27.6. The van der Waals surface area contributed by atoms with Gasteiger partial charge in [0.2, 0.25) is 0 Å². The zero-order chi connectivity index (χ0) is 31.1. The van der Waals surface area contributed by atoms with Crippen LogP contribution in [0.2, 0.25) is 0 Å². The molecule has 0 aromatic heterocycles. The van der Waals surface area contributed by atoms with Crippen LogP contribution >= 0.6 is 0 Å². The molecule has 0 aliphatic heterocycles. The molecule has 8 nitrogen and oxygen atoms in total. The van der Waals surface area contributed by atoms with Crippen LogP contribution in [0.1, 0.15) is 97.0 Å². The Labute approximate surface area is 262 Å². The highest BCUT2D eigenvalue weighted by Gasteiger charge is 2.16. The number of hydrogen-bond acceptors (Lipinski definition) is 8. The molecule has 1 rings (SSSR count). The number of hydrogen-bond donors (Lipinski definition) is 0. The van der Waals surface area contributed by atoms with Crippen LogP contribution in [0.4, 0.5) is 0 Å². The van der Waals surface area contributed by atoms with Crippen molar-refractivity contribution in [3.8, 4) is 5.75 Å². The highest BCUT2D eigenvalue weighted by Crippen LogP contribution is 2.16. The maximum atomic E-state index is 12.0. The van der Waals surface area contributed by atoms with Gasteiger partial charge in [0, 0.05) is 0 Å². The number of benzene rings is 1. The first-order chi connectivity index (χ1) is 21.2. The summed E-state index contributed by atoms with van der Waals surface area (Å²) in [6, 6.07) is 8.45. The van der Waals surface area contributed by atoms with Crippen LogP contribution in [0.15, 0.2) is 24.3 Å². The minimum absolute atomic E-state index is 0.00514.